The largest absolute Gasteiger partial charge is 0.471 e. The van der Waals surface area contributed by atoms with Crippen LogP contribution in [0.5, 0.6) is 5.88 Å². The summed E-state index contributed by atoms with van der Waals surface area (Å²) in [6.07, 6.45) is 0.559. The lowest BCUT2D eigenvalue weighted by molar-refractivity contribution is -0.139. The fourth-order valence-electron chi connectivity index (χ4n) is 2.14. The summed E-state index contributed by atoms with van der Waals surface area (Å²) in [4.78, 5) is 19.3. The zero-order chi connectivity index (χ0) is 13.9. The van der Waals surface area contributed by atoms with E-state index >= 15 is 0 Å². The number of hydrogen-bond acceptors (Lipinski definition) is 4. The van der Waals surface area contributed by atoms with Crippen LogP contribution in [0.15, 0.2) is 35.7 Å². The van der Waals surface area contributed by atoms with Crippen LogP contribution in [0.25, 0.3) is 0 Å². The van der Waals surface area contributed by atoms with Crippen molar-refractivity contribution < 1.29 is 9.53 Å². The SMILES string of the molecule is Cc1cccc(OC2CN(C(=O)Cc3cccs3)C2)n1. The van der Waals surface area contributed by atoms with Crippen molar-refractivity contribution in [2.75, 3.05) is 13.1 Å². The van der Waals surface area contributed by atoms with Gasteiger partial charge in [-0.25, -0.2) is 4.98 Å². The third-order valence-corrected chi connectivity index (χ3v) is 4.13. The van der Waals surface area contributed by atoms with Crippen molar-refractivity contribution in [2.45, 2.75) is 19.4 Å². The summed E-state index contributed by atoms with van der Waals surface area (Å²) in [5.74, 6) is 0.810. The number of hydrogen-bond donors (Lipinski definition) is 0. The molecule has 1 amide bonds. The first-order valence-electron chi connectivity index (χ1n) is 6.61. The summed E-state index contributed by atoms with van der Waals surface area (Å²) in [5, 5.41) is 1.99. The summed E-state index contributed by atoms with van der Waals surface area (Å²) in [7, 11) is 0. The molecule has 1 aliphatic rings. The molecule has 0 radical (unpaired) electrons. The lowest BCUT2D eigenvalue weighted by atomic mass is 10.1. The number of nitrogens with zero attached hydrogens (tertiary/aromatic N) is 2. The molecule has 20 heavy (non-hydrogen) atoms. The molecule has 0 spiro atoms. The Morgan fingerprint density at radius 3 is 2.95 bits per heavy atom. The molecule has 104 valence electrons. The van der Waals surface area contributed by atoms with E-state index in [1.54, 1.807) is 11.3 Å². The topological polar surface area (TPSA) is 42.4 Å². The molecular weight excluding hydrogens is 272 g/mol. The maximum Gasteiger partial charge on any atom is 0.228 e. The minimum Gasteiger partial charge on any atom is -0.471 e. The van der Waals surface area contributed by atoms with E-state index in [-0.39, 0.29) is 12.0 Å². The van der Waals surface area contributed by atoms with Gasteiger partial charge in [0.1, 0.15) is 6.10 Å². The molecule has 0 unspecified atom stereocenters. The van der Waals surface area contributed by atoms with E-state index in [1.807, 2.05) is 47.5 Å². The Morgan fingerprint density at radius 1 is 1.40 bits per heavy atom. The summed E-state index contributed by atoms with van der Waals surface area (Å²) in [6, 6.07) is 9.68. The molecule has 5 heteroatoms. The van der Waals surface area contributed by atoms with Gasteiger partial charge in [-0.1, -0.05) is 12.1 Å². The van der Waals surface area contributed by atoms with Gasteiger partial charge < -0.3 is 9.64 Å². The minimum absolute atomic E-state index is 0.0663. The minimum atomic E-state index is 0.0663. The molecule has 0 atom stereocenters. The van der Waals surface area contributed by atoms with Crippen molar-refractivity contribution in [1.82, 2.24) is 9.88 Å². The quantitative estimate of drug-likeness (QED) is 0.867. The van der Waals surface area contributed by atoms with E-state index in [9.17, 15) is 4.79 Å². The highest BCUT2D eigenvalue weighted by atomic mass is 32.1. The Morgan fingerprint density at radius 2 is 2.25 bits per heavy atom. The summed E-state index contributed by atoms with van der Waals surface area (Å²) >= 11 is 1.62. The van der Waals surface area contributed by atoms with Crippen LogP contribution in [-0.2, 0) is 11.2 Å². The van der Waals surface area contributed by atoms with E-state index in [0.29, 0.717) is 25.4 Å². The van der Waals surface area contributed by atoms with Crippen molar-refractivity contribution in [1.29, 1.82) is 0 Å². The number of rotatable bonds is 4. The van der Waals surface area contributed by atoms with Gasteiger partial charge in [0.2, 0.25) is 11.8 Å². The molecule has 2 aromatic rings. The van der Waals surface area contributed by atoms with Crippen LogP contribution in [0.4, 0.5) is 0 Å². The number of ether oxygens (including phenoxy) is 1. The second kappa shape index (κ2) is 5.63. The molecule has 1 fully saturated rings. The molecule has 0 bridgehead atoms. The highest BCUT2D eigenvalue weighted by Crippen LogP contribution is 2.18. The zero-order valence-corrected chi connectivity index (χ0v) is 12.1. The van der Waals surface area contributed by atoms with Crippen LogP contribution in [0.3, 0.4) is 0 Å². The second-order valence-electron chi connectivity index (χ2n) is 4.91. The maximum atomic E-state index is 12.0. The predicted molar refractivity (Wildman–Crippen MR) is 78.0 cm³/mol. The summed E-state index contributed by atoms with van der Waals surface area (Å²) in [6.45, 7) is 3.24. The first-order chi connectivity index (χ1) is 9.70. The molecule has 3 heterocycles. The van der Waals surface area contributed by atoms with Crippen molar-refractivity contribution >= 4 is 17.2 Å². The number of likely N-dealkylation sites (tertiary alicyclic amines) is 1. The van der Waals surface area contributed by atoms with Crippen molar-refractivity contribution in [3.63, 3.8) is 0 Å². The molecule has 2 aromatic heterocycles. The van der Waals surface area contributed by atoms with E-state index in [4.69, 9.17) is 4.74 Å². The fraction of sp³-hybridized carbons (Fsp3) is 0.333. The first-order valence-corrected chi connectivity index (χ1v) is 7.49. The Kier molecular flexibility index (Phi) is 3.69. The van der Waals surface area contributed by atoms with Crippen LogP contribution in [0, 0.1) is 6.92 Å². The first kappa shape index (κ1) is 13.1. The van der Waals surface area contributed by atoms with E-state index in [1.165, 1.54) is 0 Å². The normalized spacial score (nSPS) is 14.9. The zero-order valence-electron chi connectivity index (χ0n) is 11.3. The number of carbonyl (C=O) groups is 1. The van der Waals surface area contributed by atoms with Crippen molar-refractivity contribution in [2.24, 2.45) is 0 Å². The number of thiophene rings is 1. The summed E-state index contributed by atoms with van der Waals surface area (Å²) < 4.78 is 5.74. The molecule has 0 saturated carbocycles. The summed E-state index contributed by atoms with van der Waals surface area (Å²) in [5.41, 5.74) is 0.937. The molecule has 1 aliphatic heterocycles. The Bertz CT molecular complexity index is 592. The third kappa shape index (κ3) is 2.99. The Labute approximate surface area is 122 Å². The van der Waals surface area contributed by atoms with E-state index in [2.05, 4.69) is 4.98 Å². The number of amides is 1. The number of pyridine rings is 1. The van der Waals surface area contributed by atoms with E-state index < -0.39 is 0 Å². The van der Waals surface area contributed by atoms with Crippen molar-refractivity contribution in [3.05, 3.63) is 46.3 Å². The lowest BCUT2D eigenvalue weighted by Crippen LogP contribution is -2.56. The highest BCUT2D eigenvalue weighted by molar-refractivity contribution is 7.10. The van der Waals surface area contributed by atoms with Crippen molar-refractivity contribution in [3.8, 4) is 5.88 Å². The van der Waals surface area contributed by atoms with Crippen LogP contribution in [0.1, 0.15) is 10.6 Å². The molecular formula is C15H16N2O2S. The number of aryl methyl sites for hydroxylation is 1. The molecule has 0 N–H and O–H groups in total. The van der Waals surface area contributed by atoms with Crippen LogP contribution < -0.4 is 4.74 Å². The van der Waals surface area contributed by atoms with Gasteiger partial charge in [-0.3, -0.25) is 4.79 Å². The molecule has 4 nitrogen and oxygen atoms in total. The van der Waals surface area contributed by atoms with Crippen LogP contribution >= 0.6 is 11.3 Å². The number of carbonyl (C=O) groups excluding carboxylic acids is 1. The Hall–Kier alpha value is -1.88. The Balaban J connectivity index is 1.48. The maximum absolute atomic E-state index is 12.0. The molecule has 0 aliphatic carbocycles. The van der Waals surface area contributed by atoms with E-state index in [0.717, 1.165) is 10.6 Å². The molecule has 1 saturated heterocycles. The monoisotopic (exact) mass is 288 g/mol. The molecule has 0 aromatic carbocycles. The standard InChI is InChI=1S/C15H16N2O2S/c1-11-4-2-6-14(16-11)19-12-9-17(10-12)15(18)8-13-5-3-7-20-13/h2-7,12H,8-10H2,1H3. The highest BCUT2D eigenvalue weighted by Gasteiger charge is 2.32. The van der Waals surface area contributed by atoms with Crippen LogP contribution in [-0.4, -0.2) is 35.0 Å². The average Bonchev–Trinajstić information content (AvgIpc) is 2.86. The van der Waals surface area contributed by atoms with Gasteiger partial charge >= 0.3 is 0 Å². The third-order valence-electron chi connectivity index (χ3n) is 3.26. The van der Waals surface area contributed by atoms with Gasteiger partial charge in [-0.2, -0.15) is 0 Å². The van der Waals surface area contributed by atoms with Gasteiger partial charge in [0.05, 0.1) is 19.5 Å². The van der Waals surface area contributed by atoms with Gasteiger partial charge in [0.25, 0.3) is 0 Å². The van der Waals surface area contributed by atoms with Gasteiger partial charge in [-0.05, 0) is 24.4 Å². The second-order valence-corrected chi connectivity index (χ2v) is 5.94. The lowest BCUT2D eigenvalue weighted by Gasteiger charge is -2.38. The number of aromatic nitrogens is 1. The van der Waals surface area contributed by atoms with Gasteiger partial charge in [0.15, 0.2) is 0 Å². The molecule has 3 rings (SSSR count). The smallest absolute Gasteiger partial charge is 0.228 e. The van der Waals surface area contributed by atoms with Gasteiger partial charge in [0, 0.05) is 16.6 Å². The van der Waals surface area contributed by atoms with Gasteiger partial charge in [-0.15, -0.1) is 11.3 Å². The average molecular weight is 288 g/mol. The van der Waals surface area contributed by atoms with Crippen LogP contribution in [0.2, 0.25) is 0 Å². The fourth-order valence-corrected chi connectivity index (χ4v) is 2.84. The predicted octanol–water partition coefficient (Wildman–Crippen LogP) is 2.28.